The topological polar surface area (TPSA) is 66.5 Å². The molecule has 7 heteroatoms. The largest absolute Gasteiger partial charge is 0.324 e. The van der Waals surface area contributed by atoms with Gasteiger partial charge in [0.05, 0.1) is 22.2 Å². The zero-order valence-electron chi connectivity index (χ0n) is 15.9. The molecule has 150 valence electrons. The summed E-state index contributed by atoms with van der Waals surface area (Å²) in [5.74, 6) is -0.468. The lowest BCUT2D eigenvalue weighted by atomic mass is 10.2. The molecule has 0 unspecified atom stereocenters. The van der Waals surface area contributed by atoms with Gasteiger partial charge in [0.1, 0.15) is 0 Å². The molecule has 1 amide bonds. The number of benzene rings is 3. The van der Waals surface area contributed by atoms with Gasteiger partial charge in [0.25, 0.3) is 0 Å². The first-order chi connectivity index (χ1) is 13.9. The molecule has 0 saturated heterocycles. The fourth-order valence-electron chi connectivity index (χ4n) is 2.78. The van der Waals surface area contributed by atoms with Crippen molar-refractivity contribution in [3.05, 3.63) is 95.0 Å². The van der Waals surface area contributed by atoms with Gasteiger partial charge in [-0.05, 0) is 36.8 Å². The molecule has 0 aliphatic carbocycles. The van der Waals surface area contributed by atoms with Gasteiger partial charge in [0, 0.05) is 6.54 Å². The number of para-hydroxylation sites is 1. The van der Waals surface area contributed by atoms with Gasteiger partial charge in [0.2, 0.25) is 15.9 Å². The van der Waals surface area contributed by atoms with Crippen LogP contribution in [0.4, 0.5) is 5.69 Å². The van der Waals surface area contributed by atoms with E-state index in [-0.39, 0.29) is 18.0 Å². The van der Waals surface area contributed by atoms with E-state index >= 15 is 0 Å². The molecule has 0 aliphatic rings. The minimum Gasteiger partial charge on any atom is -0.324 e. The Bertz CT molecular complexity index is 1080. The van der Waals surface area contributed by atoms with Crippen LogP contribution in [0.25, 0.3) is 0 Å². The number of rotatable bonds is 7. The van der Waals surface area contributed by atoms with E-state index in [0.717, 1.165) is 11.1 Å². The van der Waals surface area contributed by atoms with Gasteiger partial charge in [-0.15, -0.1) is 0 Å². The van der Waals surface area contributed by atoms with Crippen LogP contribution in [0, 0.1) is 6.92 Å². The zero-order valence-corrected chi connectivity index (χ0v) is 17.5. The normalized spacial score (nSPS) is 11.4. The number of aryl methyl sites for hydroxylation is 1. The highest BCUT2D eigenvalue weighted by Gasteiger charge is 2.27. The summed E-state index contributed by atoms with van der Waals surface area (Å²) >= 11 is 6.09. The fraction of sp³-hybridized carbons (Fsp3) is 0.136. The Morgan fingerprint density at radius 1 is 0.931 bits per heavy atom. The van der Waals surface area contributed by atoms with Crippen LogP contribution in [0.1, 0.15) is 11.1 Å². The summed E-state index contributed by atoms with van der Waals surface area (Å²) in [6, 6.07) is 22.5. The Morgan fingerprint density at radius 2 is 1.55 bits per heavy atom. The minimum absolute atomic E-state index is 0.0764. The highest BCUT2D eigenvalue weighted by molar-refractivity contribution is 7.89. The SMILES string of the molecule is Cc1ccc(S(=O)(=O)N(CC(=O)Nc2ccccc2Cl)Cc2ccccc2)cc1. The number of hydrogen-bond acceptors (Lipinski definition) is 3. The van der Waals surface area contributed by atoms with E-state index in [0.29, 0.717) is 10.7 Å². The Balaban J connectivity index is 1.87. The Kier molecular flexibility index (Phi) is 6.69. The maximum Gasteiger partial charge on any atom is 0.243 e. The molecule has 3 rings (SSSR count). The highest BCUT2D eigenvalue weighted by atomic mass is 35.5. The number of sulfonamides is 1. The number of amides is 1. The molecule has 0 heterocycles. The summed E-state index contributed by atoms with van der Waals surface area (Å²) < 4.78 is 27.6. The van der Waals surface area contributed by atoms with E-state index in [1.165, 1.54) is 4.31 Å². The second-order valence-corrected chi connectivity index (χ2v) is 8.94. The molecule has 3 aromatic carbocycles. The third-order valence-electron chi connectivity index (χ3n) is 4.33. The van der Waals surface area contributed by atoms with Gasteiger partial charge in [-0.1, -0.05) is 71.8 Å². The lowest BCUT2D eigenvalue weighted by Crippen LogP contribution is -2.37. The molecule has 0 radical (unpaired) electrons. The van der Waals surface area contributed by atoms with Crippen LogP contribution in [0.15, 0.2) is 83.8 Å². The molecule has 0 bridgehead atoms. The van der Waals surface area contributed by atoms with Crippen molar-refractivity contribution in [2.45, 2.75) is 18.4 Å². The molecular formula is C22H21ClN2O3S. The fourth-order valence-corrected chi connectivity index (χ4v) is 4.35. The predicted octanol–water partition coefficient (Wildman–Crippen LogP) is 4.48. The van der Waals surface area contributed by atoms with Crippen LogP contribution in [-0.4, -0.2) is 25.2 Å². The van der Waals surface area contributed by atoms with Gasteiger partial charge in [0.15, 0.2) is 0 Å². The maximum absolute atomic E-state index is 13.2. The number of halogens is 1. The molecule has 3 aromatic rings. The molecular weight excluding hydrogens is 408 g/mol. The van der Waals surface area contributed by atoms with Gasteiger partial charge in [-0.25, -0.2) is 8.42 Å². The van der Waals surface area contributed by atoms with E-state index in [4.69, 9.17) is 11.6 Å². The molecule has 0 aromatic heterocycles. The first-order valence-corrected chi connectivity index (χ1v) is 10.8. The van der Waals surface area contributed by atoms with Crippen molar-refractivity contribution < 1.29 is 13.2 Å². The third-order valence-corrected chi connectivity index (χ3v) is 6.46. The number of nitrogens with zero attached hydrogens (tertiary/aromatic N) is 1. The maximum atomic E-state index is 13.2. The summed E-state index contributed by atoms with van der Waals surface area (Å²) in [5, 5.41) is 3.07. The van der Waals surface area contributed by atoms with E-state index < -0.39 is 15.9 Å². The van der Waals surface area contributed by atoms with Gasteiger partial charge in [-0.2, -0.15) is 4.31 Å². The lowest BCUT2D eigenvalue weighted by Gasteiger charge is -2.22. The lowest BCUT2D eigenvalue weighted by molar-refractivity contribution is -0.116. The van der Waals surface area contributed by atoms with Gasteiger partial charge < -0.3 is 5.32 Å². The quantitative estimate of drug-likeness (QED) is 0.603. The Hall–Kier alpha value is -2.67. The first-order valence-electron chi connectivity index (χ1n) is 9.01. The van der Waals surface area contributed by atoms with Crippen molar-refractivity contribution in [2.75, 3.05) is 11.9 Å². The third kappa shape index (κ3) is 5.44. The molecule has 0 saturated carbocycles. The number of hydrogen-bond donors (Lipinski definition) is 1. The molecule has 5 nitrogen and oxygen atoms in total. The highest BCUT2D eigenvalue weighted by Crippen LogP contribution is 2.22. The predicted molar refractivity (Wildman–Crippen MR) is 115 cm³/mol. The van der Waals surface area contributed by atoms with Crippen molar-refractivity contribution >= 4 is 33.2 Å². The van der Waals surface area contributed by atoms with Crippen LogP contribution >= 0.6 is 11.6 Å². The average Bonchev–Trinajstić information content (AvgIpc) is 2.70. The van der Waals surface area contributed by atoms with Crippen molar-refractivity contribution in [3.63, 3.8) is 0 Å². The summed E-state index contributed by atoms with van der Waals surface area (Å²) in [7, 11) is -3.87. The molecule has 0 spiro atoms. The van der Waals surface area contributed by atoms with E-state index in [1.807, 2.05) is 37.3 Å². The molecule has 1 N–H and O–H groups in total. The van der Waals surface area contributed by atoms with E-state index in [9.17, 15) is 13.2 Å². The van der Waals surface area contributed by atoms with Crippen LogP contribution < -0.4 is 5.32 Å². The molecule has 29 heavy (non-hydrogen) atoms. The van der Waals surface area contributed by atoms with Crippen molar-refractivity contribution in [3.8, 4) is 0 Å². The van der Waals surface area contributed by atoms with Crippen molar-refractivity contribution in [1.29, 1.82) is 0 Å². The van der Waals surface area contributed by atoms with Crippen LogP contribution in [0.5, 0.6) is 0 Å². The smallest absolute Gasteiger partial charge is 0.243 e. The second kappa shape index (κ2) is 9.22. The summed E-state index contributed by atoms with van der Waals surface area (Å²) in [5.41, 5.74) is 2.18. The average molecular weight is 429 g/mol. The van der Waals surface area contributed by atoms with Gasteiger partial charge >= 0.3 is 0 Å². The monoisotopic (exact) mass is 428 g/mol. The van der Waals surface area contributed by atoms with Crippen molar-refractivity contribution in [2.24, 2.45) is 0 Å². The number of nitrogens with one attached hydrogen (secondary N) is 1. The number of carbonyl (C=O) groups excluding carboxylic acids is 1. The Morgan fingerprint density at radius 3 is 2.21 bits per heavy atom. The zero-order chi connectivity index (χ0) is 20.9. The van der Waals surface area contributed by atoms with Gasteiger partial charge in [-0.3, -0.25) is 4.79 Å². The molecule has 0 aliphatic heterocycles. The second-order valence-electron chi connectivity index (χ2n) is 6.60. The summed E-state index contributed by atoms with van der Waals surface area (Å²) in [6.07, 6.45) is 0. The summed E-state index contributed by atoms with van der Waals surface area (Å²) in [6.45, 7) is 1.62. The van der Waals surface area contributed by atoms with E-state index in [1.54, 1.807) is 48.5 Å². The minimum atomic E-state index is -3.87. The van der Waals surface area contributed by atoms with Crippen LogP contribution in [0.3, 0.4) is 0 Å². The number of anilines is 1. The molecule has 0 fully saturated rings. The first kappa shape index (κ1) is 21.0. The van der Waals surface area contributed by atoms with Crippen molar-refractivity contribution in [1.82, 2.24) is 4.31 Å². The van der Waals surface area contributed by atoms with E-state index in [2.05, 4.69) is 5.32 Å². The summed E-state index contributed by atoms with van der Waals surface area (Å²) in [4.78, 5) is 12.8. The van der Waals surface area contributed by atoms with Crippen LogP contribution in [-0.2, 0) is 21.4 Å². The molecule has 0 atom stereocenters. The van der Waals surface area contributed by atoms with Crippen LogP contribution in [0.2, 0.25) is 5.02 Å². The standard InChI is InChI=1S/C22H21ClN2O3S/c1-17-11-13-19(14-12-17)29(27,28)25(15-18-7-3-2-4-8-18)16-22(26)24-21-10-6-5-9-20(21)23/h2-14H,15-16H2,1H3,(H,24,26). The Labute approximate surface area is 176 Å². The number of carbonyl (C=O) groups is 1.